The fourth-order valence-corrected chi connectivity index (χ4v) is 2.01. The summed E-state index contributed by atoms with van der Waals surface area (Å²) in [5, 5.41) is 12.9. The fourth-order valence-electron chi connectivity index (χ4n) is 2.01. The van der Waals surface area contributed by atoms with Crippen molar-refractivity contribution in [2.24, 2.45) is 11.7 Å². The van der Waals surface area contributed by atoms with Crippen LogP contribution in [0.4, 0.5) is 5.69 Å². The van der Waals surface area contributed by atoms with Gasteiger partial charge in [0.1, 0.15) is 5.75 Å². The molecule has 0 bridgehead atoms. The lowest BCUT2D eigenvalue weighted by atomic mass is 9.79. The van der Waals surface area contributed by atoms with Crippen LogP contribution < -0.4 is 11.1 Å². The smallest absolute Gasteiger partial charge is 0.138 e. The summed E-state index contributed by atoms with van der Waals surface area (Å²) in [7, 11) is 0. The summed E-state index contributed by atoms with van der Waals surface area (Å²) in [6.45, 7) is 0.624. The third kappa shape index (κ3) is 2.23. The van der Waals surface area contributed by atoms with E-state index in [1.807, 2.05) is 18.2 Å². The van der Waals surface area contributed by atoms with Gasteiger partial charge in [0, 0.05) is 12.6 Å². The van der Waals surface area contributed by atoms with E-state index in [1.54, 1.807) is 6.07 Å². The zero-order chi connectivity index (χ0) is 10.7. The first-order valence-corrected chi connectivity index (χ1v) is 5.56. The van der Waals surface area contributed by atoms with Gasteiger partial charge in [0.05, 0.1) is 5.69 Å². The Balaban J connectivity index is 2.02. The number of phenolic OH excluding ortho intramolecular Hbond substituents is 1. The van der Waals surface area contributed by atoms with Gasteiger partial charge in [-0.25, -0.2) is 0 Å². The Morgan fingerprint density at radius 3 is 2.67 bits per heavy atom. The van der Waals surface area contributed by atoms with Gasteiger partial charge in [-0.05, 0) is 30.9 Å². The van der Waals surface area contributed by atoms with Crippen LogP contribution in [0.3, 0.4) is 0 Å². The van der Waals surface area contributed by atoms with Gasteiger partial charge < -0.3 is 16.2 Å². The standard InChI is InChI=1S/C12H18N2O/c13-8-11(9-4-3-5-9)14-10-6-1-2-7-12(10)15/h1-2,6-7,9,11,14-15H,3-5,8,13H2. The maximum Gasteiger partial charge on any atom is 0.138 e. The van der Waals surface area contributed by atoms with E-state index in [0.717, 1.165) is 5.69 Å². The number of phenols is 1. The average molecular weight is 206 g/mol. The summed E-state index contributed by atoms with van der Waals surface area (Å²) in [5.74, 6) is 0.977. The number of nitrogens with two attached hydrogens (primary N) is 1. The normalized spacial score (nSPS) is 18.2. The molecule has 0 aromatic heterocycles. The molecule has 0 heterocycles. The number of anilines is 1. The van der Waals surface area contributed by atoms with E-state index in [0.29, 0.717) is 24.3 Å². The van der Waals surface area contributed by atoms with E-state index in [4.69, 9.17) is 5.73 Å². The van der Waals surface area contributed by atoms with Crippen molar-refractivity contribution in [2.45, 2.75) is 25.3 Å². The summed E-state index contributed by atoms with van der Waals surface area (Å²) in [5.41, 5.74) is 6.53. The van der Waals surface area contributed by atoms with E-state index < -0.39 is 0 Å². The molecule has 15 heavy (non-hydrogen) atoms. The highest BCUT2D eigenvalue weighted by Crippen LogP contribution is 2.32. The Kier molecular flexibility index (Phi) is 3.11. The zero-order valence-electron chi connectivity index (χ0n) is 8.82. The Bertz CT molecular complexity index is 323. The number of rotatable bonds is 4. The first-order chi connectivity index (χ1) is 7.31. The van der Waals surface area contributed by atoms with Crippen molar-refractivity contribution < 1.29 is 5.11 Å². The van der Waals surface area contributed by atoms with Gasteiger partial charge in [-0.1, -0.05) is 18.6 Å². The van der Waals surface area contributed by atoms with E-state index in [-0.39, 0.29) is 0 Å². The summed E-state index contributed by atoms with van der Waals surface area (Å²) in [4.78, 5) is 0. The largest absolute Gasteiger partial charge is 0.506 e. The monoisotopic (exact) mass is 206 g/mol. The van der Waals surface area contributed by atoms with Crippen LogP contribution in [-0.4, -0.2) is 17.7 Å². The number of hydrogen-bond acceptors (Lipinski definition) is 3. The predicted octanol–water partition coefficient (Wildman–Crippen LogP) is 1.93. The molecule has 82 valence electrons. The fraction of sp³-hybridized carbons (Fsp3) is 0.500. The highest BCUT2D eigenvalue weighted by Gasteiger charge is 2.26. The maximum atomic E-state index is 9.62. The molecule has 3 nitrogen and oxygen atoms in total. The van der Waals surface area contributed by atoms with E-state index in [9.17, 15) is 5.11 Å². The van der Waals surface area contributed by atoms with Crippen molar-refractivity contribution in [2.75, 3.05) is 11.9 Å². The van der Waals surface area contributed by atoms with Gasteiger partial charge in [0.15, 0.2) is 0 Å². The minimum Gasteiger partial charge on any atom is -0.506 e. The third-order valence-corrected chi connectivity index (χ3v) is 3.22. The van der Waals surface area contributed by atoms with Gasteiger partial charge >= 0.3 is 0 Å². The average Bonchev–Trinajstić information content (AvgIpc) is 2.17. The third-order valence-electron chi connectivity index (χ3n) is 3.22. The Morgan fingerprint density at radius 1 is 1.40 bits per heavy atom. The first-order valence-electron chi connectivity index (χ1n) is 5.56. The second-order valence-electron chi connectivity index (χ2n) is 4.19. The predicted molar refractivity (Wildman–Crippen MR) is 61.9 cm³/mol. The zero-order valence-corrected chi connectivity index (χ0v) is 8.82. The molecule has 0 amide bonds. The second-order valence-corrected chi connectivity index (χ2v) is 4.19. The molecule has 1 aromatic rings. The molecule has 3 heteroatoms. The Hall–Kier alpha value is -1.22. The molecule has 0 spiro atoms. The van der Waals surface area contributed by atoms with Gasteiger partial charge in [-0.15, -0.1) is 0 Å². The van der Waals surface area contributed by atoms with Gasteiger partial charge in [-0.3, -0.25) is 0 Å². The van der Waals surface area contributed by atoms with Gasteiger partial charge in [0.2, 0.25) is 0 Å². The molecule has 1 aliphatic rings. The number of benzene rings is 1. The molecule has 1 aromatic carbocycles. The van der Waals surface area contributed by atoms with Crippen LogP contribution in [0.1, 0.15) is 19.3 Å². The van der Waals surface area contributed by atoms with Crippen LogP contribution in [-0.2, 0) is 0 Å². The minimum absolute atomic E-state index is 0.298. The molecule has 4 N–H and O–H groups in total. The van der Waals surface area contributed by atoms with Crippen LogP contribution >= 0.6 is 0 Å². The Morgan fingerprint density at radius 2 is 2.13 bits per heavy atom. The number of aromatic hydroxyl groups is 1. The molecule has 1 fully saturated rings. The Labute approximate surface area is 90.3 Å². The van der Waals surface area contributed by atoms with Crippen molar-refractivity contribution in [3.8, 4) is 5.75 Å². The SMILES string of the molecule is NCC(Nc1ccccc1O)C1CCC1. The van der Waals surface area contributed by atoms with Gasteiger partial charge in [0.25, 0.3) is 0 Å². The number of para-hydroxylation sites is 2. The first kappa shape index (κ1) is 10.3. The van der Waals surface area contributed by atoms with Crippen LogP contribution in [0, 0.1) is 5.92 Å². The molecular weight excluding hydrogens is 188 g/mol. The van der Waals surface area contributed by atoms with Crippen molar-refractivity contribution >= 4 is 5.69 Å². The maximum absolute atomic E-state index is 9.62. The topological polar surface area (TPSA) is 58.3 Å². The molecule has 1 aliphatic carbocycles. The molecule has 0 aliphatic heterocycles. The van der Waals surface area contributed by atoms with Crippen LogP contribution in [0.2, 0.25) is 0 Å². The van der Waals surface area contributed by atoms with Crippen LogP contribution in [0.25, 0.3) is 0 Å². The molecule has 2 rings (SSSR count). The molecule has 1 saturated carbocycles. The number of nitrogens with one attached hydrogen (secondary N) is 1. The summed E-state index contributed by atoms with van der Waals surface area (Å²) < 4.78 is 0. The van der Waals surface area contributed by atoms with Crippen LogP contribution in [0.5, 0.6) is 5.75 Å². The summed E-state index contributed by atoms with van der Waals surface area (Å²) in [6.07, 6.45) is 3.81. The molecule has 1 unspecified atom stereocenters. The lowest BCUT2D eigenvalue weighted by Gasteiger charge is -2.34. The lowest BCUT2D eigenvalue weighted by molar-refractivity contribution is 0.277. The summed E-state index contributed by atoms with van der Waals surface area (Å²) in [6, 6.07) is 7.61. The molecular formula is C12H18N2O. The van der Waals surface area contributed by atoms with Crippen LogP contribution in [0.15, 0.2) is 24.3 Å². The molecule has 1 atom stereocenters. The van der Waals surface area contributed by atoms with E-state index in [1.165, 1.54) is 19.3 Å². The van der Waals surface area contributed by atoms with Gasteiger partial charge in [-0.2, -0.15) is 0 Å². The van der Waals surface area contributed by atoms with E-state index >= 15 is 0 Å². The van der Waals surface area contributed by atoms with Crippen molar-refractivity contribution in [3.63, 3.8) is 0 Å². The quantitative estimate of drug-likeness (QED) is 0.660. The van der Waals surface area contributed by atoms with Crippen molar-refractivity contribution in [3.05, 3.63) is 24.3 Å². The lowest BCUT2D eigenvalue weighted by Crippen LogP contribution is -2.39. The molecule has 0 saturated heterocycles. The highest BCUT2D eigenvalue weighted by atomic mass is 16.3. The minimum atomic E-state index is 0.298. The number of hydrogen-bond donors (Lipinski definition) is 3. The van der Waals surface area contributed by atoms with E-state index in [2.05, 4.69) is 5.32 Å². The van der Waals surface area contributed by atoms with Crippen molar-refractivity contribution in [1.82, 2.24) is 0 Å². The van der Waals surface area contributed by atoms with Crippen molar-refractivity contribution in [1.29, 1.82) is 0 Å². The highest BCUT2D eigenvalue weighted by molar-refractivity contribution is 5.55. The molecule has 0 radical (unpaired) electrons. The summed E-state index contributed by atoms with van der Waals surface area (Å²) >= 11 is 0. The second kappa shape index (κ2) is 4.53.